The molecule has 6 heteroatoms. The van der Waals surface area contributed by atoms with Crippen LogP contribution in [0, 0.1) is 0 Å². The topological polar surface area (TPSA) is 60.0 Å². The molecule has 0 aromatic heterocycles. The number of benzene rings is 2. The highest BCUT2D eigenvalue weighted by Gasteiger charge is 2.29. The van der Waals surface area contributed by atoms with Gasteiger partial charge in [-0.25, -0.2) is 0 Å². The predicted molar refractivity (Wildman–Crippen MR) is 108 cm³/mol. The van der Waals surface area contributed by atoms with E-state index in [1.54, 1.807) is 14.2 Å². The summed E-state index contributed by atoms with van der Waals surface area (Å²) in [6.45, 7) is 2.29. The van der Waals surface area contributed by atoms with E-state index in [1.165, 1.54) is 18.2 Å². The average molecular weight is 384 g/mol. The summed E-state index contributed by atoms with van der Waals surface area (Å²) in [6, 6.07) is 14.5. The summed E-state index contributed by atoms with van der Waals surface area (Å²) in [5, 5.41) is 3.00. The summed E-state index contributed by atoms with van der Waals surface area (Å²) in [5.41, 5.74) is 3.64. The van der Waals surface area contributed by atoms with Crippen molar-refractivity contribution in [2.75, 3.05) is 41.0 Å². The molecule has 1 aliphatic heterocycles. The molecule has 0 saturated heterocycles. The van der Waals surface area contributed by atoms with Crippen LogP contribution in [0.2, 0.25) is 0 Å². The molecule has 1 heterocycles. The van der Waals surface area contributed by atoms with E-state index in [9.17, 15) is 4.79 Å². The van der Waals surface area contributed by atoms with Crippen molar-refractivity contribution in [3.8, 4) is 11.5 Å². The molecule has 28 heavy (non-hydrogen) atoms. The fourth-order valence-electron chi connectivity index (χ4n) is 3.72. The Labute approximate surface area is 166 Å². The molecule has 0 radical (unpaired) electrons. The lowest BCUT2D eigenvalue weighted by Gasteiger charge is -2.38. The van der Waals surface area contributed by atoms with Gasteiger partial charge in [-0.15, -0.1) is 0 Å². The van der Waals surface area contributed by atoms with Crippen LogP contribution in [0.1, 0.15) is 22.7 Å². The zero-order valence-electron chi connectivity index (χ0n) is 16.7. The Balaban J connectivity index is 1.89. The summed E-state index contributed by atoms with van der Waals surface area (Å²) >= 11 is 0. The average Bonchev–Trinajstić information content (AvgIpc) is 2.72. The minimum atomic E-state index is -0.116. The van der Waals surface area contributed by atoms with Gasteiger partial charge in [0.15, 0.2) is 11.5 Å². The lowest BCUT2D eigenvalue weighted by molar-refractivity contribution is -0.125. The Bertz CT molecular complexity index is 795. The number of carbonyl (C=O) groups excluding carboxylic acids is 1. The number of rotatable bonds is 8. The highest BCUT2D eigenvalue weighted by molar-refractivity contribution is 5.77. The van der Waals surface area contributed by atoms with Crippen molar-refractivity contribution in [2.45, 2.75) is 19.0 Å². The number of amides is 1. The molecular weight excluding hydrogens is 356 g/mol. The van der Waals surface area contributed by atoms with Crippen LogP contribution in [0.3, 0.4) is 0 Å². The van der Waals surface area contributed by atoms with Gasteiger partial charge in [-0.1, -0.05) is 30.3 Å². The zero-order chi connectivity index (χ0) is 19.9. The molecule has 2 aromatic carbocycles. The number of nitrogens with one attached hydrogen (secondary N) is 1. The standard InChI is InChI=1S/C22H28N2O4/c1-26-15-22(25)23-13-19-18-12-21(28-3)20(27-2)11-17(18)9-10-24(19)14-16-7-5-4-6-8-16/h4-8,11-12,19H,9-10,13-15H2,1-3H3,(H,23,25)/t19-/m0/s1. The number of fused-ring (bicyclic) bond motifs is 1. The molecule has 0 bridgehead atoms. The summed E-state index contributed by atoms with van der Waals surface area (Å²) < 4.78 is 15.9. The monoisotopic (exact) mass is 384 g/mol. The van der Waals surface area contributed by atoms with E-state index in [2.05, 4.69) is 40.5 Å². The normalized spacial score (nSPS) is 16.3. The number of carbonyl (C=O) groups is 1. The maximum Gasteiger partial charge on any atom is 0.246 e. The molecule has 0 saturated carbocycles. The first-order valence-electron chi connectivity index (χ1n) is 9.44. The van der Waals surface area contributed by atoms with Crippen molar-refractivity contribution in [3.05, 3.63) is 59.2 Å². The van der Waals surface area contributed by atoms with Crippen molar-refractivity contribution >= 4 is 5.91 Å². The number of nitrogens with zero attached hydrogens (tertiary/aromatic N) is 1. The van der Waals surface area contributed by atoms with Gasteiger partial charge in [0.1, 0.15) is 6.61 Å². The SMILES string of the molecule is COCC(=O)NC[C@H]1c2cc(OC)c(OC)cc2CCN1Cc1ccccc1. The Morgan fingerprint density at radius 1 is 1.11 bits per heavy atom. The van der Waals surface area contributed by atoms with Crippen LogP contribution in [0.15, 0.2) is 42.5 Å². The van der Waals surface area contributed by atoms with Crippen molar-refractivity contribution in [1.82, 2.24) is 10.2 Å². The Morgan fingerprint density at radius 2 is 1.82 bits per heavy atom. The first-order valence-corrected chi connectivity index (χ1v) is 9.44. The third kappa shape index (κ3) is 4.64. The lowest BCUT2D eigenvalue weighted by Crippen LogP contribution is -2.42. The van der Waals surface area contributed by atoms with E-state index in [-0.39, 0.29) is 18.6 Å². The fourth-order valence-corrected chi connectivity index (χ4v) is 3.72. The van der Waals surface area contributed by atoms with Gasteiger partial charge in [0.05, 0.1) is 20.3 Å². The summed E-state index contributed by atoms with van der Waals surface area (Å²) in [4.78, 5) is 14.4. The number of hydrogen-bond acceptors (Lipinski definition) is 5. The minimum Gasteiger partial charge on any atom is -0.493 e. The molecule has 0 aliphatic carbocycles. The molecular formula is C22H28N2O4. The molecule has 1 amide bonds. The summed E-state index contributed by atoms with van der Waals surface area (Å²) in [6.07, 6.45) is 0.922. The molecule has 150 valence electrons. The van der Waals surface area contributed by atoms with Crippen molar-refractivity contribution in [3.63, 3.8) is 0 Å². The van der Waals surface area contributed by atoms with Crippen LogP contribution in [0.25, 0.3) is 0 Å². The van der Waals surface area contributed by atoms with E-state index in [0.717, 1.165) is 30.8 Å². The Kier molecular flexibility index (Phi) is 6.90. The van der Waals surface area contributed by atoms with Gasteiger partial charge < -0.3 is 19.5 Å². The second kappa shape index (κ2) is 9.57. The largest absolute Gasteiger partial charge is 0.493 e. The minimum absolute atomic E-state index is 0.0459. The molecule has 2 aromatic rings. The zero-order valence-corrected chi connectivity index (χ0v) is 16.7. The molecule has 0 spiro atoms. The van der Waals surface area contributed by atoms with E-state index in [0.29, 0.717) is 12.3 Å². The molecule has 1 aliphatic rings. The summed E-state index contributed by atoms with van der Waals surface area (Å²) in [5.74, 6) is 1.32. The van der Waals surface area contributed by atoms with Crippen molar-refractivity contribution in [2.24, 2.45) is 0 Å². The van der Waals surface area contributed by atoms with Crippen LogP contribution < -0.4 is 14.8 Å². The first-order chi connectivity index (χ1) is 13.7. The van der Waals surface area contributed by atoms with Crippen LogP contribution in [-0.2, 0) is 22.5 Å². The number of ether oxygens (including phenoxy) is 3. The van der Waals surface area contributed by atoms with Gasteiger partial charge in [0, 0.05) is 26.7 Å². The Morgan fingerprint density at radius 3 is 2.50 bits per heavy atom. The van der Waals surface area contributed by atoms with Gasteiger partial charge in [0.2, 0.25) is 5.91 Å². The molecule has 0 unspecified atom stereocenters. The first kappa shape index (κ1) is 20.2. The van der Waals surface area contributed by atoms with Gasteiger partial charge in [0.25, 0.3) is 0 Å². The van der Waals surface area contributed by atoms with Crippen molar-refractivity contribution in [1.29, 1.82) is 0 Å². The van der Waals surface area contributed by atoms with E-state index >= 15 is 0 Å². The smallest absolute Gasteiger partial charge is 0.246 e. The van der Waals surface area contributed by atoms with E-state index in [4.69, 9.17) is 14.2 Å². The second-order valence-corrected chi connectivity index (χ2v) is 6.86. The number of hydrogen-bond donors (Lipinski definition) is 1. The van der Waals surface area contributed by atoms with Crippen LogP contribution in [0.4, 0.5) is 0 Å². The molecule has 1 atom stereocenters. The van der Waals surface area contributed by atoms with Gasteiger partial charge in [-0.3, -0.25) is 9.69 Å². The van der Waals surface area contributed by atoms with Crippen LogP contribution in [0.5, 0.6) is 11.5 Å². The van der Waals surface area contributed by atoms with Gasteiger partial charge in [-0.05, 0) is 35.2 Å². The molecule has 1 N–H and O–H groups in total. The third-order valence-corrected chi connectivity index (χ3v) is 5.11. The summed E-state index contributed by atoms with van der Waals surface area (Å²) in [7, 11) is 4.82. The number of methoxy groups -OCH3 is 3. The predicted octanol–water partition coefficient (Wildman–Crippen LogP) is 2.57. The maximum atomic E-state index is 12.0. The lowest BCUT2D eigenvalue weighted by atomic mass is 9.91. The highest BCUT2D eigenvalue weighted by atomic mass is 16.5. The van der Waals surface area contributed by atoms with Gasteiger partial charge >= 0.3 is 0 Å². The fraction of sp³-hybridized carbons (Fsp3) is 0.409. The molecule has 0 fully saturated rings. The molecule has 3 rings (SSSR count). The van der Waals surface area contributed by atoms with Crippen molar-refractivity contribution < 1.29 is 19.0 Å². The Hall–Kier alpha value is -2.57. The van der Waals surface area contributed by atoms with E-state index in [1.807, 2.05) is 12.1 Å². The van der Waals surface area contributed by atoms with E-state index < -0.39 is 0 Å². The maximum absolute atomic E-state index is 12.0. The quantitative estimate of drug-likeness (QED) is 0.758. The van der Waals surface area contributed by atoms with Crippen LogP contribution >= 0.6 is 0 Å². The molecule has 6 nitrogen and oxygen atoms in total. The van der Waals surface area contributed by atoms with Crippen LogP contribution in [-0.4, -0.2) is 51.8 Å². The second-order valence-electron chi connectivity index (χ2n) is 6.86. The highest BCUT2D eigenvalue weighted by Crippen LogP contribution is 2.38. The third-order valence-electron chi connectivity index (χ3n) is 5.11. The van der Waals surface area contributed by atoms with Gasteiger partial charge in [-0.2, -0.15) is 0 Å².